The summed E-state index contributed by atoms with van der Waals surface area (Å²) in [7, 11) is 3.42. The van der Waals surface area contributed by atoms with Gasteiger partial charge in [-0.15, -0.1) is 0 Å². The number of hydrogen-bond acceptors (Lipinski definition) is 4. The molecule has 26 heavy (non-hydrogen) atoms. The molecule has 2 aromatic rings. The number of likely N-dealkylation sites (N-methyl/N-ethyl adjacent to an activating group) is 1. The van der Waals surface area contributed by atoms with Crippen LogP contribution in [-0.4, -0.2) is 70.7 Å². The lowest BCUT2D eigenvalue weighted by molar-refractivity contribution is -0.127. The molecule has 138 valence electrons. The van der Waals surface area contributed by atoms with Gasteiger partial charge in [0.2, 0.25) is 5.91 Å². The van der Waals surface area contributed by atoms with E-state index in [2.05, 4.69) is 27.4 Å². The molecule has 7 nitrogen and oxygen atoms in total. The number of nitrogens with zero attached hydrogens (tertiary/aromatic N) is 4. The van der Waals surface area contributed by atoms with Crippen LogP contribution in [0.2, 0.25) is 0 Å². The van der Waals surface area contributed by atoms with Crippen LogP contribution in [0.15, 0.2) is 42.7 Å². The predicted molar refractivity (Wildman–Crippen MR) is 98.7 cm³/mol. The SMILES string of the molecule is CNC(=O)[C@H]1CN(C(=O)c2cnn(C)c2)CCN1CCc1ccccc1. The Balaban J connectivity index is 1.67. The summed E-state index contributed by atoms with van der Waals surface area (Å²) in [4.78, 5) is 29.0. The largest absolute Gasteiger partial charge is 0.358 e. The fourth-order valence-corrected chi connectivity index (χ4v) is 3.32. The van der Waals surface area contributed by atoms with Crippen LogP contribution < -0.4 is 5.32 Å². The highest BCUT2D eigenvalue weighted by molar-refractivity contribution is 5.94. The van der Waals surface area contributed by atoms with Gasteiger partial charge in [-0.1, -0.05) is 30.3 Å². The van der Waals surface area contributed by atoms with Crippen molar-refractivity contribution in [2.75, 3.05) is 33.2 Å². The molecule has 0 saturated carbocycles. The number of amides is 2. The molecule has 0 spiro atoms. The summed E-state index contributed by atoms with van der Waals surface area (Å²) in [6.45, 7) is 2.46. The van der Waals surface area contributed by atoms with E-state index in [0.717, 1.165) is 13.0 Å². The van der Waals surface area contributed by atoms with Crippen molar-refractivity contribution < 1.29 is 9.59 Å². The Bertz CT molecular complexity index is 758. The zero-order valence-electron chi connectivity index (χ0n) is 15.3. The number of aromatic nitrogens is 2. The number of carbonyl (C=O) groups is 2. The molecule has 7 heteroatoms. The zero-order valence-corrected chi connectivity index (χ0v) is 15.3. The molecule has 1 aliphatic rings. The number of hydrogen-bond donors (Lipinski definition) is 1. The van der Waals surface area contributed by atoms with Crippen LogP contribution in [-0.2, 0) is 18.3 Å². The number of piperazine rings is 1. The molecule has 0 unspecified atom stereocenters. The van der Waals surface area contributed by atoms with Crippen LogP contribution in [0.1, 0.15) is 15.9 Å². The molecule has 2 amide bonds. The van der Waals surface area contributed by atoms with Crippen LogP contribution in [0.3, 0.4) is 0 Å². The molecule has 1 aromatic carbocycles. The quantitative estimate of drug-likeness (QED) is 0.850. The maximum Gasteiger partial charge on any atom is 0.257 e. The maximum absolute atomic E-state index is 12.7. The van der Waals surface area contributed by atoms with Crippen LogP contribution in [0.5, 0.6) is 0 Å². The van der Waals surface area contributed by atoms with Crippen LogP contribution in [0.25, 0.3) is 0 Å². The maximum atomic E-state index is 12.7. The van der Waals surface area contributed by atoms with Gasteiger partial charge in [0.25, 0.3) is 5.91 Å². The van der Waals surface area contributed by atoms with Crippen LogP contribution in [0.4, 0.5) is 0 Å². The van der Waals surface area contributed by atoms with Crippen molar-refractivity contribution in [3.63, 3.8) is 0 Å². The normalized spacial score (nSPS) is 17.9. The van der Waals surface area contributed by atoms with Gasteiger partial charge < -0.3 is 10.2 Å². The molecule has 1 fully saturated rings. The van der Waals surface area contributed by atoms with Crippen molar-refractivity contribution in [1.82, 2.24) is 24.9 Å². The van der Waals surface area contributed by atoms with Gasteiger partial charge in [0.1, 0.15) is 6.04 Å². The number of aryl methyl sites for hydroxylation is 1. The third-order valence-corrected chi connectivity index (χ3v) is 4.81. The van der Waals surface area contributed by atoms with Crippen molar-refractivity contribution in [2.24, 2.45) is 7.05 Å². The van der Waals surface area contributed by atoms with Crippen molar-refractivity contribution in [1.29, 1.82) is 0 Å². The van der Waals surface area contributed by atoms with Gasteiger partial charge in [0.05, 0.1) is 11.8 Å². The van der Waals surface area contributed by atoms with E-state index in [1.807, 2.05) is 18.2 Å². The molecular weight excluding hydrogens is 330 g/mol. The van der Waals surface area contributed by atoms with Gasteiger partial charge >= 0.3 is 0 Å². The van der Waals surface area contributed by atoms with Gasteiger partial charge in [0.15, 0.2) is 0 Å². The Morgan fingerprint density at radius 1 is 1.23 bits per heavy atom. The molecule has 2 heterocycles. The summed E-state index contributed by atoms with van der Waals surface area (Å²) in [5.41, 5.74) is 1.80. The predicted octanol–water partition coefficient (Wildman–Crippen LogP) is 0.535. The molecule has 0 aliphatic carbocycles. The Labute approximate surface area is 153 Å². The van der Waals surface area contributed by atoms with E-state index in [1.54, 1.807) is 36.1 Å². The first-order valence-electron chi connectivity index (χ1n) is 8.86. The lowest BCUT2D eigenvalue weighted by Crippen LogP contribution is -2.60. The minimum absolute atomic E-state index is 0.0539. The highest BCUT2D eigenvalue weighted by Crippen LogP contribution is 2.15. The number of rotatable bonds is 5. The number of benzene rings is 1. The minimum Gasteiger partial charge on any atom is -0.358 e. The summed E-state index contributed by atoms with van der Waals surface area (Å²) in [6, 6.07) is 9.90. The standard InChI is InChI=1S/C19H25N5O2/c1-20-18(25)17-14-24(19(26)16-12-21-22(2)13-16)11-10-23(17)9-8-15-6-4-3-5-7-15/h3-7,12-13,17H,8-11,14H2,1-2H3,(H,20,25)/t17-/m1/s1. The van der Waals surface area contributed by atoms with Crippen molar-refractivity contribution in [2.45, 2.75) is 12.5 Å². The summed E-state index contributed by atoms with van der Waals surface area (Å²) < 4.78 is 1.61. The molecule has 0 bridgehead atoms. The van der Waals surface area contributed by atoms with Gasteiger partial charge in [-0.2, -0.15) is 5.10 Å². The smallest absolute Gasteiger partial charge is 0.257 e. The first kappa shape index (κ1) is 18.1. The van der Waals surface area contributed by atoms with Crippen LogP contribution in [0, 0.1) is 0 Å². The third-order valence-electron chi connectivity index (χ3n) is 4.81. The van der Waals surface area contributed by atoms with Crippen molar-refractivity contribution >= 4 is 11.8 Å². The molecular formula is C19H25N5O2. The summed E-state index contributed by atoms with van der Waals surface area (Å²) >= 11 is 0. The lowest BCUT2D eigenvalue weighted by Gasteiger charge is -2.40. The molecule has 1 N–H and O–H groups in total. The topological polar surface area (TPSA) is 70.5 Å². The lowest BCUT2D eigenvalue weighted by atomic mass is 10.1. The second-order valence-corrected chi connectivity index (χ2v) is 6.56. The van der Waals surface area contributed by atoms with Crippen molar-refractivity contribution in [3.05, 3.63) is 53.9 Å². The van der Waals surface area contributed by atoms with E-state index in [0.29, 0.717) is 25.2 Å². The molecule has 3 rings (SSSR count). The van der Waals surface area contributed by atoms with E-state index in [4.69, 9.17) is 0 Å². The van der Waals surface area contributed by atoms with E-state index in [1.165, 1.54) is 5.56 Å². The van der Waals surface area contributed by atoms with E-state index < -0.39 is 0 Å². The zero-order chi connectivity index (χ0) is 18.5. The van der Waals surface area contributed by atoms with E-state index in [-0.39, 0.29) is 17.9 Å². The highest BCUT2D eigenvalue weighted by atomic mass is 16.2. The average Bonchev–Trinajstić information content (AvgIpc) is 3.12. The molecule has 0 radical (unpaired) electrons. The molecule has 1 aromatic heterocycles. The second-order valence-electron chi connectivity index (χ2n) is 6.56. The van der Waals surface area contributed by atoms with Gasteiger partial charge in [-0.3, -0.25) is 19.2 Å². The van der Waals surface area contributed by atoms with Gasteiger partial charge in [-0.25, -0.2) is 0 Å². The first-order valence-corrected chi connectivity index (χ1v) is 8.86. The minimum atomic E-state index is -0.335. The summed E-state index contributed by atoms with van der Waals surface area (Å²) in [6.07, 6.45) is 4.16. The summed E-state index contributed by atoms with van der Waals surface area (Å²) in [5, 5.41) is 6.79. The van der Waals surface area contributed by atoms with E-state index >= 15 is 0 Å². The molecule has 1 atom stereocenters. The number of carbonyl (C=O) groups excluding carboxylic acids is 2. The van der Waals surface area contributed by atoms with Crippen molar-refractivity contribution in [3.8, 4) is 0 Å². The highest BCUT2D eigenvalue weighted by Gasteiger charge is 2.34. The fourth-order valence-electron chi connectivity index (χ4n) is 3.32. The average molecular weight is 355 g/mol. The third kappa shape index (κ3) is 4.11. The molecule has 1 saturated heterocycles. The van der Waals surface area contributed by atoms with E-state index in [9.17, 15) is 9.59 Å². The fraction of sp³-hybridized carbons (Fsp3) is 0.421. The first-order chi connectivity index (χ1) is 12.6. The second kappa shape index (κ2) is 8.14. The van der Waals surface area contributed by atoms with Gasteiger partial charge in [-0.05, 0) is 12.0 Å². The Hall–Kier alpha value is -2.67. The summed E-state index contributed by atoms with van der Waals surface area (Å²) in [5.74, 6) is -0.128. The molecule has 1 aliphatic heterocycles. The van der Waals surface area contributed by atoms with Crippen LogP contribution >= 0.6 is 0 Å². The number of nitrogens with one attached hydrogen (secondary N) is 1. The van der Waals surface area contributed by atoms with Gasteiger partial charge in [0, 0.05) is 46.5 Å². The Morgan fingerprint density at radius 2 is 2.00 bits per heavy atom. The Kier molecular flexibility index (Phi) is 5.68. The monoisotopic (exact) mass is 355 g/mol. The Morgan fingerprint density at radius 3 is 2.65 bits per heavy atom.